The number of carbonyl (C=O) groups excluding carboxylic acids is 1. The van der Waals surface area contributed by atoms with E-state index in [2.05, 4.69) is 22.0 Å². The third-order valence-electron chi connectivity index (χ3n) is 9.82. The van der Waals surface area contributed by atoms with E-state index < -0.39 is 34.6 Å². The van der Waals surface area contributed by atoms with Crippen LogP contribution in [0.5, 0.6) is 0 Å². The molecule has 0 radical (unpaired) electrons. The van der Waals surface area contributed by atoms with E-state index in [1.165, 1.54) is 55.3 Å². The van der Waals surface area contributed by atoms with E-state index in [-0.39, 0.29) is 33.5 Å². The first kappa shape index (κ1) is 35.0. The zero-order chi connectivity index (χ0) is 34.9. The minimum absolute atomic E-state index is 0.0865. The molecule has 0 spiro atoms. The molecule has 1 aromatic heterocycles. The fraction of sp³-hybridized carbons (Fsp3) is 0.405. The van der Waals surface area contributed by atoms with Gasteiger partial charge in [-0.3, -0.25) is 14.6 Å². The first-order valence-corrected chi connectivity index (χ1v) is 18.4. The Balaban J connectivity index is 1.51. The Bertz CT molecular complexity index is 1930. The van der Waals surface area contributed by atoms with Gasteiger partial charge in [-0.05, 0) is 87.6 Å². The van der Waals surface area contributed by atoms with Crippen LogP contribution in [0, 0.1) is 0 Å². The van der Waals surface area contributed by atoms with Crippen LogP contribution in [-0.4, -0.2) is 73.3 Å². The number of amides is 1. The van der Waals surface area contributed by atoms with Gasteiger partial charge in [-0.25, -0.2) is 17.8 Å². The molecule has 0 bridgehead atoms. The molecule has 2 atom stereocenters. The molecule has 2 aliphatic rings. The molecular weight excluding hydrogens is 656 g/mol. The van der Waals surface area contributed by atoms with Gasteiger partial charge in [0, 0.05) is 41.4 Å². The number of aromatic nitrogens is 1. The van der Waals surface area contributed by atoms with Crippen molar-refractivity contribution in [3.05, 3.63) is 95.1 Å². The number of piperidine rings is 1. The number of fused-ring (bicyclic) bond motifs is 1. The van der Waals surface area contributed by atoms with Crippen molar-refractivity contribution in [1.29, 1.82) is 0 Å². The van der Waals surface area contributed by atoms with Crippen molar-refractivity contribution in [3.63, 3.8) is 0 Å². The lowest BCUT2D eigenvalue weighted by molar-refractivity contribution is -0.155. The Morgan fingerprint density at radius 1 is 0.980 bits per heavy atom. The second kappa shape index (κ2) is 14.2. The van der Waals surface area contributed by atoms with Crippen LogP contribution in [0.25, 0.3) is 22.2 Å². The first-order chi connectivity index (χ1) is 23.3. The Labute approximate surface area is 284 Å². The van der Waals surface area contributed by atoms with Crippen molar-refractivity contribution in [2.24, 2.45) is 0 Å². The summed E-state index contributed by atoms with van der Waals surface area (Å²) >= 11 is 0. The number of pyridine rings is 1. The van der Waals surface area contributed by atoms with E-state index in [1.54, 1.807) is 30.3 Å². The SMILES string of the molecule is C[C@@H]1CCCN1C1CCN(Cc2c(-c3cccc(CF)c3)nc3ccc(S(C)(=O)=O)cc3c2C(=O)N[C@H](c2ccccc2)C(F)(F)F)CC1. The quantitative estimate of drug-likeness (QED) is 0.186. The van der Waals surface area contributed by atoms with Crippen LogP contribution in [0.1, 0.15) is 65.7 Å². The van der Waals surface area contributed by atoms with E-state index in [1.807, 2.05) is 0 Å². The lowest BCUT2D eigenvalue weighted by Crippen LogP contribution is -2.46. The van der Waals surface area contributed by atoms with Gasteiger partial charge in [0.1, 0.15) is 6.67 Å². The summed E-state index contributed by atoms with van der Waals surface area (Å²) in [4.78, 5) is 23.9. The molecule has 0 aliphatic carbocycles. The number of sulfone groups is 1. The van der Waals surface area contributed by atoms with Crippen LogP contribution in [0.3, 0.4) is 0 Å². The third-order valence-corrected chi connectivity index (χ3v) is 10.9. The molecule has 3 heterocycles. The second-order valence-corrected chi connectivity index (χ2v) is 15.2. The van der Waals surface area contributed by atoms with Gasteiger partial charge in [-0.1, -0.05) is 48.5 Å². The molecule has 260 valence electrons. The number of benzene rings is 3. The number of nitrogens with zero attached hydrogens (tertiary/aromatic N) is 3. The fourth-order valence-corrected chi connectivity index (χ4v) is 7.95. The molecule has 2 aliphatic heterocycles. The summed E-state index contributed by atoms with van der Waals surface area (Å²) in [6, 6.07) is 16.5. The van der Waals surface area contributed by atoms with E-state index >= 15 is 0 Å². The fourth-order valence-electron chi connectivity index (χ4n) is 7.30. The molecule has 4 aromatic rings. The van der Waals surface area contributed by atoms with E-state index in [0.717, 1.165) is 25.6 Å². The summed E-state index contributed by atoms with van der Waals surface area (Å²) in [6.45, 7) is 4.12. The summed E-state index contributed by atoms with van der Waals surface area (Å²) < 4.78 is 82.8. The number of carbonyl (C=O) groups is 1. The van der Waals surface area contributed by atoms with E-state index in [4.69, 9.17) is 4.98 Å². The Kier molecular flexibility index (Phi) is 10.1. The molecule has 6 rings (SSSR count). The lowest BCUT2D eigenvalue weighted by Gasteiger charge is -2.39. The van der Waals surface area contributed by atoms with Gasteiger partial charge in [0.15, 0.2) is 15.9 Å². The molecule has 0 saturated carbocycles. The molecule has 1 N–H and O–H groups in total. The number of alkyl halides is 4. The highest BCUT2D eigenvalue weighted by atomic mass is 32.2. The topological polar surface area (TPSA) is 82.6 Å². The van der Waals surface area contributed by atoms with Crippen molar-refractivity contribution in [1.82, 2.24) is 20.1 Å². The summed E-state index contributed by atoms with van der Waals surface area (Å²) in [5.41, 5.74) is 1.57. The largest absolute Gasteiger partial charge is 0.412 e. The number of nitrogens with one attached hydrogen (secondary N) is 1. The van der Waals surface area contributed by atoms with Gasteiger partial charge < -0.3 is 5.32 Å². The maximum Gasteiger partial charge on any atom is 0.412 e. The van der Waals surface area contributed by atoms with Crippen LogP contribution >= 0.6 is 0 Å². The second-order valence-electron chi connectivity index (χ2n) is 13.2. The highest BCUT2D eigenvalue weighted by Crippen LogP contribution is 2.37. The molecule has 7 nitrogen and oxygen atoms in total. The molecule has 0 unspecified atom stereocenters. The highest BCUT2D eigenvalue weighted by Gasteiger charge is 2.42. The van der Waals surface area contributed by atoms with Crippen molar-refractivity contribution >= 4 is 26.6 Å². The summed E-state index contributed by atoms with van der Waals surface area (Å²) in [5.74, 6) is -1.01. The minimum atomic E-state index is -4.83. The van der Waals surface area contributed by atoms with Gasteiger partial charge in [0.25, 0.3) is 5.91 Å². The number of hydrogen-bond donors (Lipinski definition) is 1. The molecular formula is C37H40F4N4O3S. The lowest BCUT2D eigenvalue weighted by atomic mass is 9.93. The van der Waals surface area contributed by atoms with Gasteiger partial charge in [-0.2, -0.15) is 13.2 Å². The van der Waals surface area contributed by atoms with Crippen molar-refractivity contribution < 1.29 is 30.8 Å². The Morgan fingerprint density at radius 2 is 1.71 bits per heavy atom. The number of hydrogen-bond acceptors (Lipinski definition) is 6. The number of rotatable bonds is 9. The van der Waals surface area contributed by atoms with Crippen LogP contribution in [0.15, 0.2) is 77.7 Å². The number of halogens is 4. The van der Waals surface area contributed by atoms with Crippen LogP contribution in [0.4, 0.5) is 17.6 Å². The third kappa shape index (κ3) is 7.66. The van der Waals surface area contributed by atoms with Gasteiger partial charge in [0.05, 0.1) is 21.7 Å². The van der Waals surface area contributed by atoms with E-state index in [9.17, 15) is 30.8 Å². The van der Waals surface area contributed by atoms with Gasteiger partial charge in [-0.15, -0.1) is 0 Å². The normalized spacial score (nSPS) is 18.9. The maximum absolute atomic E-state index is 14.6. The molecule has 2 saturated heterocycles. The van der Waals surface area contributed by atoms with Crippen molar-refractivity contribution in [2.45, 2.75) is 75.0 Å². The highest BCUT2D eigenvalue weighted by molar-refractivity contribution is 7.90. The van der Waals surface area contributed by atoms with Crippen molar-refractivity contribution in [3.8, 4) is 11.3 Å². The molecule has 1 amide bonds. The zero-order valence-corrected chi connectivity index (χ0v) is 28.3. The maximum atomic E-state index is 14.6. The molecule has 3 aromatic carbocycles. The van der Waals surface area contributed by atoms with Crippen LogP contribution in [0.2, 0.25) is 0 Å². The zero-order valence-electron chi connectivity index (χ0n) is 27.5. The summed E-state index contributed by atoms with van der Waals surface area (Å²) in [6.07, 6.45) is 0.315. The van der Waals surface area contributed by atoms with Crippen molar-refractivity contribution in [2.75, 3.05) is 25.9 Å². The molecule has 12 heteroatoms. The number of likely N-dealkylation sites (tertiary alicyclic amines) is 2. The standard InChI is InChI=1S/C37H40F4N4O3S/c1-24-8-7-17-45(24)28-15-18-44(19-16-28)23-31-33(36(46)43-35(37(39,40)41)26-10-4-3-5-11-26)30-21-29(49(2,47)48)13-14-32(30)42-34(31)27-12-6-9-25(20-27)22-38/h3-6,9-14,20-21,24,28,35H,7-8,15-19,22-23H2,1-2H3,(H,43,46)/t24-,35-/m1/s1. The predicted octanol–water partition coefficient (Wildman–Crippen LogP) is 7.26. The average Bonchev–Trinajstić information content (AvgIpc) is 3.51. The van der Waals surface area contributed by atoms with Crippen LogP contribution < -0.4 is 5.32 Å². The van der Waals surface area contributed by atoms with E-state index in [0.29, 0.717) is 47.6 Å². The summed E-state index contributed by atoms with van der Waals surface area (Å²) in [7, 11) is -3.75. The monoisotopic (exact) mass is 696 g/mol. The molecule has 49 heavy (non-hydrogen) atoms. The van der Waals surface area contributed by atoms with Gasteiger partial charge >= 0.3 is 6.18 Å². The summed E-state index contributed by atoms with van der Waals surface area (Å²) in [5, 5.41) is 2.36. The Hall–Kier alpha value is -3.87. The average molecular weight is 697 g/mol. The molecule has 2 fully saturated rings. The smallest absolute Gasteiger partial charge is 0.337 e. The Morgan fingerprint density at radius 3 is 2.35 bits per heavy atom. The predicted molar refractivity (Wildman–Crippen MR) is 182 cm³/mol. The first-order valence-electron chi connectivity index (χ1n) is 16.6. The van der Waals surface area contributed by atoms with Crippen LogP contribution in [-0.2, 0) is 23.1 Å². The minimum Gasteiger partial charge on any atom is -0.337 e. The van der Waals surface area contributed by atoms with Gasteiger partial charge in [0.2, 0.25) is 0 Å².